The third-order valence-corrected chi connectivity index (χ3v) is 12.4. The Hall–Kier alpha value is -4.07. The van der Waals surface area contributed by atoms with Crippen LogP contribution in [-0.4, -0.2) is 88.0 Å². The van der Waals surface area contributed by atoms with Gasteiger partial charge in [0, 0.05) is 43.2 Å². The zero-order valence-electron chi connectivity index (χ0n) is 29.6. The summed E-state index contributed by atoms with van der Waals surface area (Å²) < 4.78 is 47.9. The molecule has 0 spiro atoms. The second-order valence-corrected chi connectivity index (χ2v) is 17.5. The van der Waals surface area contributed by atoms with Crippen molar-refractivity contribution in [3.8, 4) is 0 Å². The van der Waals surface area contributed by atoms with Crippen molar-refractivity contribution in [2.45, 2.75) is 126 Å². The minimum atomic E-state index is -3.94. The number of carbonyl (C=O) groups is 5. The Kier molecular flexibility index (Phi) is 10.7. The minimum Gasteiger partial charge on any atom is -0.444 e. The summed E-state index contributed by atoms with van der Waals surface area (Å²) in [5, 5.41) is 12.4. The van der Waals surface area contributed by atoms with Crippen LogP contribution in [0.2, 0.25) is 0 Å². The van der Waals surface area contributed by atoms with Crippen LogP contribution in [-0.2, 0) is 47.0 Å². The van der Waals surface area contributed by atoms with E-state index in [1.807, 2.05) is 6.08 Å². The van der Waals surface area contributed by atoms with Crippen LogP contribution in [0.5, 0.6) is 0 Å². The van der Waals surface area contributed by atoms with Gasteiger partial charge in [-0.25, -0.2) is 17.6 Å². The lowest BCUT2D eigenvalue weighted by atomic mass is 9.90. The second kappa shape index (κ2) is 14.7. The number of benzene rings is 1. The number of amides is 4. The zero-order chi connectivity index (χ0) is 37.4. The molecule has 282 valence electrons. The number of Topliss-reactive ketones (excluding diaryl/α,β-unsaturated/α-hetero) is 1. The van der Waals surface area contributed by atoms with Crippen molar-refractivity contribution in [2.24, 2.45) is 11.8 Å². The van der Waals surface area contributed by atoms with Crippen LogP contribution in [0, 0.1) is 17.7 Å². The Morgan fingerprint density at radius 3 is 2.62 bits per heavy atom. The van der Waals surface area contributed by atoms with Gasteiger partial charge in [0.2, 0.25) is 21.8 Å². The first kappa shape index (κ1) is 37.7. The Balaban J connectivity index is 1.26. The van der Waals surface area contributed by atoms with Gasteiger partial charge in [-0.3, -0.25) is 28.8 Å². The van der Waals surface area contributed by atoms with Gasteiger partial charge in [-0.2, -0.15) is 0 Å². The number of ether oxygens (including phenoxy) is 1. The van der Waals surface area contributed by atoms with Crippen LogP contribution >= 0.6 is 0 Å². The van der Waals surface area contributed by atoms with E-state index in [1.54, 1.807) is 18.2 Å². The summed E-state index contributed by atoms with van der Waals surface area (Å²) in [7, 11) is -3.94. The third kappa shape index (κ3) is 8.58. The smallest absolute Gasteiger partial charge is 0.410 e. The highest BCUT2D eigenvalue weighted by atomic mass is 32.2. The van der Waals surface area contributed by atoms with Gasteiger partial charge in [0.05, 0.1) is 23.9 Å². The van der Waals surface area contributed by atoms with Crippen molar-refractivity contribution >= 4 is 39.6 Å². The molecule has 5 aliphatic rings. The number of sulfonamides is 1. The van der Waals surface area contributed by atoms with Gasteiger partial charge < -0.3 is 20.1 Å². The molecule has 3 fully saturated rings. The molecule has 3 heterocycles. The van der Waals surface area contributed by atoms with Gasteiger partial charge in [-0.1, -0.05) is 25.0 Å². The summed E-state index contributed by atoms with van der Waals surface area (Å²) in [5.41, 5.74) is 1.23. The Morgan fingerprint density at radius 2 is 1.90 bits per heavy atom. The van der Waals surface area contributed by atoms with Crippen LogP contribution in [0.25, 0.3) is 0 Å². The number of halogens is 1. The van der Waals surface area contributed by atoms with E-state index in [9.17, 15) is 41.9 Å². The maximum Gasteiger partial charge on any atom is 0.410 e. The molecule has 2 saturated carbocycles. The third-order valence-electron chi connectivity index (χ3n) is 10.5. The number of nitrogens with one attached hydrogen (secondary N) is 2. The molecule has 1 aromatic carbocycles. The average molecular weight is 743 g/mol. The number of hydrogen-bond donors (Lipinski definition) is 3. The summed E-state index contributed by atoms with van der Waals surface area (Å²) in [6.07, 6.45) is 5.47. The quantitative estimate of drug-likeness (QED) is 0.338. The van der Waals surface area contributed by atoms with Crippen LogP contribution in [0.4, 0.5) is 9.18 Å². The second-order valence-electron chi connectivity index (χ2n) is 15.5. The maximum atomic E-state index is 14.4. The van der Waals surface area contributed by atoms with Crippen molar-refractivity contribution in [3.05, 3.63) is 53.0 Å². The van der Waals surface area contributed by atoms with E-state index in [0.29, 0.717) is 43.2 Å². The molecule has 3 N–H and O–H groups in total. The minimum absolute atomic E-state index is 0.00371. The number of carbonyl (C=O) groups excluding carboxylic acids is 5. The molecule has 15 heteroatoms. The molecule has 5 atom stereocenters. The van der Waals surface area contributed by atoms with E-state index in [2.05, 4.69) is 15.8 Å². The normalized spacial score (nSPS) is 28.1. The number of aliphatic hydroxyl groups is 1. The summed E-state index contributed by atoms with van der Waals surface area (Å²) in [4.78, 5) is 71.2. The van der Waals surface area contributed by atoms with Crippen molar-refractivity contribution < 1.29 is 46.6 Å². The molecule has 0 aromatic heterocycles. The number of fused-ring (bicyclic) bond motifs is 3. The molecule has 0 bridgehead atoms. The van der Waals surface area contributed by atoms with E-state index in [1.165, 1.54) is 29.7 Å². The van der Waals surface area contributed by atoms with Crippen LogP contribution in [0.3, 0.4) is 0 Å². The predicted octanol–water partition coefficient (Wildman–Crippen LogP) is 3.14. The summed E-state index contributed by atoms with van der Waals surface area (Å²) >= 11 is 0. The molecule has 0 unspecified atom stereocenters. The van der Waals surface area contributed by atoms with Crippen LogP contribution in [0.15, 0.2) is 36.1 Å². The van der Waals surface area contributed by atoms with Crippen molar-refractivity contribution in [3.63, 3.8) is 0 Å². The number of hydrogen-bond acceptors (Lipinski definition) is 9. The molecule has 1 aromatic rings. The van der Waals surface area contributed by atoms with Gasteiger partial charge in [0.1, 0.15) is 29.3 Å². The fourth-order valence-corrected chi connectivity index (χ4v) is 8.86. The van der Waals surface area contributed by atoms with Crippen LogP contribution in [0.1, 0.15) is 95.6 Å². The van der Waals surface area contributed by atoms with E-state index >= 15 is 0 Å². The Morgan fingerprint density at radius 1 is 1.13 bits per heavy atom. The topological polar surface area (TPSA) is 179 Å². The lowest BCUT2D eigenvalue weighted by Gasteiger charge is -2.30. The largest absolute Gasteiger partial charge is 0.444 e. The predicted molar refractivity (Wildman–Crippen MR) is 185 cm³/mol. The Labute approximate surface area is 303 Å². The monoisotopic (exact) mass is 742 g/mol. The molecular formula is C37H47FN4O9S. The standard InChI is InChI=1S/C37H47FN4O9S/c1-36(2,48)19-26(43)16-23-10-7-5-3-4-6-8-12-25-18-37(25,34(46)40-52(49,50)28-14-15-28)39-32(44)31-17-27(21-42(31)33(23)45)51-35(47)41-20-24-11-9-13-30(38)29(24)22-41/h6,9,11-13,23,25,27-28,31,48H,3-5,7,10,14-22H2,1-2H3,(H,39,44)(H,40,46)/t8?,23-,25-,27-,31+,37-/m1/s1. The molecular weight excluding hydrogens is 695 g/mol. The highest BCUT2D eigenvalue weighted by Crippen LogP contribution is 2.46. The van der Waals surface area contributed by atoms with E-state index in [0.717, 1.165) is 12.8 Å². The van der Waals surface area contributed by atoms with E-state index in [4.69, 9.17) is 4.74 Å². The van der Waals surface area contributed by atoms with E-state index in [-0.39, 0.29) is 51.1 Å². The first-order chi connectivity index (χ1) is 24.6. The highest BCUT2D eigenvalue weighted by Gasteiger charge is 2.62. The number of rotatable bonds is 8. The molecule has 52 heavy (non-hydrogen) atoms. The molecule has 13 nitrogen and oxygen atoms in total. The summed E-state index contributed by atoms with van der Waals surface area (Å²) in [5.74, 6) is -4.22. The molecule has 1 saturated heterocycles. The van der Waals surface area contributed by atoms with Gasteiger partial charge >= 0.3 is 6.09 Å². The summed E-state index contributed by atoms with van der Waals surface area (Å²) in [6.45, 7) is 2.97. The van der Waals surface area contributed by atoms with E-state index < -0.39 is 80.0 Å². The van der Waals surface area contributed by atoms with Crippen molar-refractivity contribution in [1.29, 1.82) is 0 Å². The van der Waals surface area contributed by atoms with Gasteiger partial charge in [0.25, 0.3) is 5.91 Å². The first-order valence-corrected chi connectivity index (χ1v) is 19.7. The molecule has 3 aliphatic heterocycles. The first-order valence-electron chi connectivity index (χ1n) is 18.1. The van der Waals surface area contributed by atoms with Gasteiger partial charge in [0.15, 0.2) is 0 Å². The lowest BCUT2D eigenvalue weighted by molar-refractivity contribution is -0.144. The van der Waals surface area contributed by atoms with Gasteiger partial charge in [-0.15, -0.1) is 5.73 Å². The van der Waals surface area contributed by atoms with Gasteiger partial charge in [-0.05, 0) is 76.2 Å². The average Bonchev–Trinajstić information content (AvgIpc) is 3.94. The summed E-state index contributed by atoms with van der Waals surface area (Å²) in [6, 6.07) is 3.38. The molecule has 6 rings (SSSR count). The fraction of sp³-hybridized carbons (Fsp3) is 0.622. The molecule has 0 radical (unpaired) electrons. The van der Waals surface area contributed by atoms with Crippen LogP contribution < -0.4 is 10.0 Å². The Bertz CT molecular complexity index is 1800. The lowest BCUT2D eigenvalue weighted by Crippen LogP contribution is -2.57. The number of ketones is 1. The molecule has 2 aliphatic carbocycles. The fourth-order valence-electron chi connectivity index (χ4n) is 7.50. The number of nitrogens with zero attached hydrogens (tertiary/aromatic N) is 2. The zero-order valence-corrected chi connectivity index (χ0v) is 30.4. The SMILES string of the molecule is CC(C)(O)CC(=O)C[C@H]1CCCCCC=C=C[C@@H]2C[C@@]2(C(=O)NS(=O)(=O)C2CC2)NC(=O)[C@@H]2C[C@@H](OC(=O)N3Cc4cccc(F)c4C3)CN2C1=O. The van der Waals surface area contributed by atoms with Crippen molar-refractivity contribution in [1.82, 2.24) is 19.8 Å². The maximum absolute atomic E-state index is 14.4. The molecule has 4 amide bonds. The highest BCUT2D eigenvalue weighted by molar-refractivity contribution is 7.91. The van der Waals surface area contributed by atoms with Crippen molar-refractivity contribution in [2.75, 3.05) is 6.54 Å².